The number of anilines is 1. The molecule has 1 aliphatic carbocycles. The van der Waals surface area contributed by atoms with Crippen LogP contribution < -0.4 is 10.6 Å². The van der Waals surface area contributed by atoms with Gasteiger partial charge in [-0.2, -0.15) is 0 Å². The highest BCUT2D eigenvalue weighted by molar-refractivity contribution is 7.85. The predicted molar refractivity (Wildman–Crippen MR) is 77.4 cm³/mol. The minimum Gasteiger partial charge on any atom is -0.384 e. The third-order valence-electron chi connectivity index (χ3n) is 3.80. The van der Waals surface area contributed by atoms with E-state index in [1.165, 1.54) is 5.56 Å². The second-order valence-corrected chi connectivity index (χ2v) is 6.76. The largest absolute Gasteiger partial charge is 0.384 e. The lowest BCUT2D eigenvalue weighted by atomic mass is 10.1. The molecule has 0 atom stereocenters. The van der Waals surface area contributed by atoms with Crippen LogP contribution >= 0.6 is 0 Å². The molecule has 1 fully saturated rings. The Labute approximate surface area is 115 Å². The lowest BCUT2D eigenvalue weighted by molar-refractivity contribution is 0.672. The summed E-state index contributed by atoms with van der Waals surface area (Å²) in [4.78, 5) is 6.85. The maximum absolute atomic E-state index is 11.4. The summed E-state index contributed by atoms with van der Waals surface area (Å²) in [6.07, 6.45) is 3.18. The number of hydrogen-bond acceptors (Lipinski definition) is 4. The van der Waals surface area contributed by atoms with Gasteiger partial charge in [0, 0.05) is 41.1 Å². The maximum Gasteiger partial charge on any atom is 0.139 e. The van der Waals surface area contributed by atoms with Gasteiger partial charge in [-0.3, -0.25) is 9.62 Å². The zero-order valence-corrected chi connectivity index (χ0v) is 11.6. The molecule has 0 bridgehead atoms. The highest BCUT2D eigenvalue weighted by Crippen LogP contribution is 2.27. The molecule has 0 saturated carbocycles. The molecule has 2 aliphatic rings. The van der Waals surface area contributed by atoms with E-state index in [4.69, 9.17) is 16.1 Å². The van der Waals surface area contributed by atoms with Gasteiger partial charge in [0.25, 0.3) is 0 Å². The van der Waals surface area contributed by atoms with E-state index in [1.54, 1.807) is 0 Å². The number of amidine groups is 1. The summed E-state index contributed by atoms with van der Waals surface area (Å²) in [6, 6.07) is 2.03. The summed E-state index contributed by atoms with van der Waals surface area (Å²) in [5, 5.41) is 7.75. The van der Waals surface area contributed by atoms with Crippen molar-refractivity contribution >= 4 is 22.5 Å². The highest BCUT2D eigenvalue weighted by Gasteiger charge is 2.23. The van der Waals surface area contributed by atoms with Gasteiger partial charge in [-0.25, -0.2) is 4.98 Å². The van der Waals surface area contributed by atoms with E-state index in [2.05, 4.69) is 4.90 Å². The van der Waals surface area contributed by atoms with Crippen LogP contribution in [0.3, 0.4) is 0 Å². The molecule has 1 aromatic rings. The van der Waals surface area contributed by atoms with E-state index in [-0.39, 0.29) is 5.84 Å². The van der Waals surface area contributed by atoms with Gasteiger partial charge in [-0.1, -0.05) is 0 Å². The lowest BCUT2D eigenvalue weighted by Gasteiger charge is -2.29. The van der Waals surface area contributed by atoms with Gasteiger partial charge < -0.3 is 10.6 Å². The molecule has 0 unspecified atom stereocenters. The zero-order valence-electron chi connectivity index (χ0n) is 10.8. The second kappa shape index (κ2) is 4.92. The lowest BCUT2D eigenvalue weighted by Crippen LogP contribution is -2.39. The maximum atomic E-state index is 11.4. The number of nitrogens with two attached hydrogens (primary N) is 1. The quantitative estimate of drug-likeness (QED) is 0.607. The van der Waals surface area contributed by atoms with Gasteiger partial charge in [-0.05, 0) is 30.9 Å². The summed E-state index contributed by atoms with van der Waals surface area (Å²) >= 11 is 0. The first-order valence-electron chi connectivity index (χ1n) is 6.62. The van der Waals surface area contributed by atoms with Crippen LogP contribution in [0.25, 0.3) is 0 Å². The highest BCUT2D eigenvalue weighted by atomic mass is 32.2. The van der Waals surface area contributed by atoms with Crippen molar-refractivity contribution in [1.82, 2.24) is 4.98 Å². The molecule has 2 heterocycles. The van der Waals surface area contributed by atoms with E-state index in [0.29, 0.717) is 11.5 Å². The number of pyridine rings is 1. The molecule has 19 heavy (non-hydrogen) atoms. The topological polar surface area (TPSA) is 83.1 Å². The van der Waals surface area contributed by atoms with E-state index in [0.717, 1.165) is 49.4 Å². The van der Waals surface area contributed by atoms with Crippen molar-refractivity contribution < 1.29 is 4.21 Å². The monoisotopic (exact) mass is 278 g/mol. The van der Waals surface area contributed by atoms with Crippen LogP contribution in [0.15, 0.2) is 6.07 Å². The van der Waals surface area contributed by atoms with Crippen molar-refractivity contribution in [2.24, 2.45) is 5.73 Å². The molecule has 0 aromatic carbocycles. The molecule has 6 heteroatoms. The van der Waals surface area contributed by atoms with E-state index in [1.807, 2.05) is 6.07 Å². The fraction of sp³-hybridized carbons (Fsp3) is 0.538. The minimum atomic E-state index is -0.706. The number of aromatic nitrogens is 1. The van der Waals surface area contributed by atoms with Crippen molar-refractivity contribution in [3.8, 4) is 0 Å². The van der Waals surface area contributed by atoms with Crippen molar-refractivity contribution in [2.75, 3.05) is 29.5 Å². The van der Waals surface area contributed by atoms with Crippen LogP contribution in [0.2, 0.25) is 0 Å². The Bertz CT molecular complexity index is 548. The van der Waals surface area contributed by atoms with Crippen LogP contribution in [-0.2, 0) is 23.6 Å². The summed E-state index contributed by atoms with van der Waals surface area (Å²) < 4.78 is 11.4. The van der Waals surface area contributed by atoms with Gasteiger partial charge in [-0.15, -0.1) is 0 Å². The molecule has 0 amide bonds. The third kappa shape index (κ3) is 2.36. The average molecular weight is 278 g/mol. The van der Waals surface area contributed by atoms with E-state index in [9.17, 15) is 4.21 Å². The minimum absolute atomic E-state index is 0.0731. The molecule has 1 aromatic heterocycles. The van der Waals surface area contributed by atoms with Crippen LogP contribution in [0.1, 0.15) is 23.2 Å². The van der Waals surface area contributed by atoms with Gasteiger partial charge in [0.15, 0.2) is 0 Å². The Balaban J connectivity index is 1.99. The van der Waals surface area contributed by atoms with Gasteiger partial charge in [0.1, 0.15) is 11.7 Å². The standard InChI is InChI=1S/C13H18N4OS/c14-12(15)10-8-9-2-1-3-11(9)16-13(10)17-4-6-19(18)7-5-17/h8H,1-7H2,(H3,14,15). The molecule has 3 rings (SSSR count). The number of rotatable bonds is 2. The molecule has 0 radical (unpaired) electrons. The SMILES string of the molecule is N=C(N)c1cc2c(nc1N1CCS(=O)CC1)CCC2. The van der Waals surface area contributed by atoms with Gasteiger partial charge in [0.05, 0.1) is 5.56 Å². The predicted octanol–water partition coefficient (Wildman–Crippen LogP) is 0.423. The second-order valence-electron chi connectivity index (χ2n) is 5.07. The normalized spacial score (nSPS) is 19.5. The summed E-state index contributed by atoms with van der Waals surface area (Å²) in [6.45, 7) is 1.47. The smallest absolute Gasteiger partial charge is 0.139 e. The number of hydrogen-bond donors (Lipinski definition) is 2. The van der Waals surface area contributed by atoms with Crippen molar-refractivity contribution in [1.29, 1.82) is 5.41 Å². The summed E-state index contributed by atoms with van der Waals surface area (Å²) in [7, 11) is -0.706. The van der Waals surface area contributed by atoms with Crippen LogP contribution in [-0.4, -0.2) is 39.6 Å². The molecular weight excluding hydrogens is 260 g/mol. The molecule has 1 saturated heterocycles. The van der Waals surface area contributed by atoms with E-state index < -0.39 is 10.8 Å². The first kappa shape index (κ1) is 12.6. The fourth-order valence-corrected chi connectivity index (χ4v) is 3.80. The molecule has 3 N–H and O–H groups in total. The molecule has 5 nitrogen and oxygen atoms in total. The van der Waals surface area contributed by atoms with Crippen LogP contribution in [0, 0.1) is 5.41 Å². The first-order chi connectivity index (χ1) is 9.15. The molecular formula is C13H18N4OS. The Morgan fingerprint density at radius 1 is 1.37 bits per heavy atom. The number of nitrogens with zero attached hydrogens (tertiary/aromatic N) is 2. The Morgan fingerprint density at radius 2 is 2.11 bits per heavy atom. The van der Waals surface area contributed by atoms with Crippen molar-refractivity contribution in [3.63, 3.8) is 0 Å². The average Bonchev–Trinajstić information content (AvgIpc) is 2.85. The number of aryl methyl sites for hydroxylation is 2. The van der Waals surface area contributed by atoms with E-state index >= 15 is 0 Å². The van der Waals surface area contributed by atoms with Gasteiger partial charge in [0.2, 0.25) is 0 Å². The van der Waals surface area contributed by atoms with Crippen LogP contribution in [0.5, 0.6) is 0 Å². The van der Waals surface area contributed by atoms with Crippen molar-refractivity contribution in [2.45, 2.75) is 19.3 Å². The summed E-state index contributed by atoms with van der Waals surface area (Å²) in [5.41, 5.74) is 8.81. The fourth-order valence-electron chi connectivity index (χ4n) is 2.75. The Kier molecular flexibility index (Phi) is 3.26. The third-order valence-corrected chi connectivity index (χ3v) is 5.07. The Morgan fingerprint density at radius 3 is 2.79 bits per heavy atom. The zero-order chi connectivity index (χ0) is 13.4. The molecule has 0 spiro atoms. The molecule has 1 aliphatic heterocycles. The first-order valence-corrected chi connectivity index (χ1v) is 8.11. The van der Waals surface area contributed by atoms with Gasteiger partial charge >= 0.3 is 0 Å². The number of fused-ring (bicyclic) bond motifs is 1. The van der Waals surface area contributed by atoms with Crippen molar-refractivity contribution in [3.05, 3.63) is 22.9 Å². The molecule has 102 valence electrons. The number of nitrogens with one attached hydrogen (secondary N) is 1. The Hall–Kier alpha value is -1.43. The number of nitrogen functional groups attached to an aromatic ring is 1. The van der Waals surface area contributed by atoms with Crippen LogP contribution in [0.4, 0.5) is 5.82 Å². The summed E-state index contributed by atoms with van der Waals surface area (Å²) in [5.74, 6) is 2.24.